The Balaban J connectivity index is 1.74. The summed E-state index contributed by atoms with van der Waals surface area (Å²) in [6.45, 7) is 0. The van der Waals surface area contributed by atoms with Crippen LogP contribution in [0, 0.1) is 0 Å². The predicted octanol–water partition coefficient (Wildman–Crippen LogP) is 3.34. The zero-order valence-corrected chi connectivity index (χ0v) is 13.3. The first kappa shape index (κ1) is 16.1. The molecule has 1 unspecified atom stereocenters. The Labute approximate surface area is 142 Å². The molecule has 3 amide bonds. The van der Waals surface area contributed by atoms with Crippen LogP contribution in [0.3, 0.4) is 0 Å². The molecule has 1 fully saturated rings. The van der Waals surface area contributed by atoms with Gasteiger partial charge in [0.05, 0.1) is 5.25 Å². The number of imide groups is 1. The van der Waals surface area contributed by atoms with Gasteiger partial charge < -0.3 is 5.11 Å². The molecule has 122 valence electrons. The fraction of sp³-hybridized carbons (Fsp3) is 0.118. The first-order valence-electron chi connectivity index (χ1n) is 7.22. The third kappa shape index (κ3) is 3.75. The Morgan fingerprint density at radius 1 is 1.12 bits per heavy atom. The van der Waals surface area contributed by atoms with Crippen molar-refractivity contribution in [2.45, 2.75) is 11.7 Å². The largest absolute Gasteiger partial charge is 0.465 e. The van der Waals surface area contributed by atoms with Crippen LogP contribution in [0.5, 0.6) is 0 Å². The van der Waals surface area contributed by atoms with E-state index in [-0.39, 0.29) is 16.4 Å². The fourth-order valence-electron chi connectivity index (χ4n) is 2.47. The van der Waals surface area contributed by atoms with E-state index in [1.54, 1.807) is 18.2 Å². The Bertz CT molecular complexity index is 804. The molecule has 6 nitrogen and oxygen atoms in total. The lowest BCUT2D eigenvalue weighted by Crippen LogP contribution is -2.25. The van der Waals surface area contributed by atoms with Crippen LogP contribution in [0.2, 0.25) is 0 Å². The minimum atomic E-state index is -1.11. The molecular weight excluding hydrogens is 328 g/mol. The summed E-state index contributed by atoms with van der Waals surface area (Å²) in [4.78, 5) is 33.5. The first-order valence-corrected chi connectivity index (χ1v) is 8.10. The minimum absolute atomic E-state index is 0.249. The van der Waals surface area contributed by atoms with E-state index in [0.717, 1.165) is 28.5 Å². The molecular formula is C17H14N2O4S. The summed E-state index contributed by atoms with van der Waals surface area (Å²) in [5.41, 5.74) is 3.28. The van der Waals surface area contributed by atoms with Gasteiger partial charge in [0.15, 0.2) is 0 Å². The lowest BCUT2D eigenvalue weighted by atomic mass is 10.0. The smallest absolute Gasteiger partial charge is 0.409 e. The van der Waals surface area contributed by atoms with Crippen molar-refractivity contribution in [2.24, 2.45) is 0 Å². The van der Waals surface area contributed by atoms with Crippen molar-refractivity contribution in [3.8, 4) is 11.1 Å². The highest BCUT2D eigenvalue weighted by Gasteiger charge is 2.31. The van der Waals surface area contributed by atoms with Crippen molar-refractivity contribution in [3.05, 3.63) is 54.1 Å². The van der Waals surface area contributed by atoms with Gasteiger partial charge in [-0.15, -0.1) is 0 Å². The lowest BCUT2D eigenvalue weighted by Gasteiger charge is -2.08. The molecule has 2 aromatic carbocycles. The van der Waals surface area contributed by atoms with Gasteiger partial charge in [0.1, 0.15) is 0 Å². The van der Waals surface area contributed by atoms with Crippen LogP contribution in [0.25, 0.3) is 11.1 Å². The normalized spacial score (nSPS) is 16.8. The number of carbonyl (C=O) groups is 3. The van der Waals surface area contributed by atoms with Crippen molar-refractivity contribution in [1.82, 2.24) is 5.32 Å². The zero-order valence-electron chi connectivity index (χ0n) is 12.5. The molecule has 7 heteroatoms. The third-order valence-corrected chi connectivity index (χ3v) is 4.57. The minimum Gasteiger partial charge on any atom is -0.465 e. The monoisotopic (exact) mass is 342 g/mol. The first-order chi connectivity index (χ1) is 11.5. The second kappa shape index (κ2) is 6.76. The number of nitrogens with one attached hydrogen (secondary N) is 2. The number of carbonyl (C=O) groups excluding carboxylic acids is 2. The molecule has 0 aromatic heterocycles. The SMILES string of the molecule is O=C(O)Nc1cccc(-c2ccc(CC3SC(=O)NC3=O)cc2)c1. The second-order valence-corrected chi connectivity index (χ2v) is 6.47. The molecule has 1 aliphatic heterocycles. The topological polar surface area (TPSA) is 95.5 Å². The van der Waals surface area contributed by atoms with Crippen molar-refractivity contribution in [2.75, 3.05) is 5.32 Å². The number of amides is 3. The van der Waals surface area contributed by atoms with Gasteiger partial charge in [0, 0.05) is 5.69 Å². The molecule has 3 N–H and O–H groups in total. The summed E-state index contributed by atoms with van der Waals surface area (Å²) in [6.07, 6.45) is -0.618. The van der Waals surface area contributed by atoms with Gasteiger partial charge in [-0.3, -0.25) is 20.2 Å². The maximum atomic E-state index is 11.6. The van der Waals surface area contributed by atoms with Crippen molar-refractivity contribution in [3.63, 3.8) is 0 Å². The number of benzene rings is 2. The van der Waals surface area contributed by atoms with Gasteiger partial charge in [-0.2, -0.15) is 0 Å². The summed E-state index contributed by atoms with van der Waals surface area (Å²) in [7, 11) is 0. The Morgan fingerprint density at radius 2 is 1.88 bits per heavy atom. The molecule has 0 radical (unpaired) electrons. The average Bonchev–Trinajstić information content (AvgIpc) is 2.85. The number of hydrogen-bond donors (Lipinski definition) is 3. The predicted molar refractivity (Wildman–Crippen MR) is 92.1 cm³/mol. The highest BCUT2D eigenvalue weighted by atomic mass is 32.2. The maximum absolute atomic E-state index is 11.6. The molecule has 0 bridgehead atoms. The number of anilines is 1. The van der Waals surface area contributed by atoms with Crippen LogP contribution in [0.15, 0.2) is 48.5 Å². The van der Waals surface area contributed by atoms with E-state index in [0.29, 0.717) is 12.1 Å². The number of hydrogen-bond acceptors (Lipinski definition) is 4. The van der Waals surface area contributed by atoms with Gasteiger partial charge >= 0.3 is 6.09 Å². The molecule has 2 aromatic rings. The molecule has 1 heterocycles. The van der Waals surface area contributed by atoms with Crippen LogP contribution >= 0.6 is 11.8 Å². The lowest BCUT2D eigenvalue weighted by molar-refractivity contribution is -0.118. The maximum Gasteiger partial charge on any atom is 0.409 e. The third-order valence-electron chi connectivity index (χ3n) is 3.59. The molecule has 3 rings (SSSR count). The van der Waals surface area contributed by atoms with Crippen LogP contribution in [-0.4, -0.2) is 27.6 Å². The van der Waals surface area contributed by atoms with E-state index in [4.69, 9.17) is 5.11 Å². The Kier molecular flexibility index (Phi) is 4.52. The quantitative estimate of drug-likeness (QED) is 0.792. The Hall–Kier alpha value is -2.80. The Morgan fingerprint density at radius 3 is 2.50 bits per heavy atom. The number of carboxylic acid groups (broad SMARTS) is 1. The molecule has 1 saturated heterocycles. The molecule has 24 heavy (non-hydrogen) atoms. The fourth-order valence-corrected chi connectivity index (χ4v) is 3.33. The van der Waals surface area contributed by atoms with Gasteiger partial charge in [-0.25, -0.2) is 4.79 Å². The van der Waals surface area contributed by atoms with Crippen LogP contribution in [0.4, 0.5) is 15.3 Å². The van der Waals surface area contributed by atoms with Gasteiger partial charge in [0.2, 0.25) is 5.91 Å². The van der Waals surface area contributed by atoms with Gasteiger partial charge in [-0.1, -0.05) is 48.2 Å². The molecule has 1 atom stereocenters. The van der Waals surface area contributed by atoms with Crippen LogP contribution in [0.1, 0.15) is 5.56 Å². The molecule has 1 aliphatic rings. The highest BCUT2D eigenvalue weighted by molar-refractivity contribution is 8.15. The average molecular weight is 342 g/mol. The van der Waals surface area contributed by atoms with Gasteiger partial charge in [0.25, 0.3) is 5.24 Å². The van der Waals surface area contributed by atoms with E-state index in [9.17, 15) is 14.4 Å². The summed E-state index contributed by atoms with van der Waals surface area (Å²) >= 11 is 1.01. The number of rotatable bonds is 4. The van der Waals surface area contributed by atoms with E-state index >= 15 is 0 Å². The van der Waals surface area contributed by atoms with E-state index in [2.05, 4.69) is 10.6 Å². The van der Waals surface area contributed by atoms with Gasteiger partial charge in [-0.05, 0) is 35.2 Å². The number of thioether (sulfide) groups is 1. The van der Waals surface area contributed by atoms with Crippen molar-refractivity contribution >= 4 is 34.7 Å². The summed E-state index contributed by atoms with van der Waals surface area (Å²) < 4.78 is 0. The van der Waals surface area contributed by atoms with E-state index in [1.165, 1.54) is 0 Å². The van der Waals surface area contributed by atoms with E-state index < -0.39 is 6.09 Å². The van der Waals surface area contributed by atoms with Crippen molar-refractivity contribution in [1.29, 1.82) is 0 Å². The van der Waals surface area contributed by atoms with Crippen molar-refractivity contribution < 1.29 is 19.5 Å². The summed E-state index contributed by atoms with van der Waals surface area (Å²) in [5.74, 6) is -0.249. The zero-order chi connectivity index (χ0) is 17.1. The second-order valence-electron chi connectivity index (χ2n) is 5.30. The summed E-state index contributed by atoms with van der Waals surface area (Å²) in [6, 6.07) is 14.7. The van der Waals surface area contributed by atoms with E-state index in [1.807, 2.05) is 30.3 Å². The summed E-state index contributed by atoms with van der Waals surface area (Å²) in [5, 5.41) is 12.7. The molecule has 0 spiro atoms. The van der Waals surface area contributed by atoms with Crippen LogP contribution < -0.4 is 10.6 Å². The molecule has 0 aliphatic carbocycles. The molecule has 0 saturated carbocycles. The standard InChI is InChI=1S/C17H14N2O4S/c20-15-14(24-17(23)19-15)8-10-4-6-11(7-5-10)12-2-1-3-13(9-12)18-16(21)22/h1-7,9,14,18H,8H2,(H,21,22)(H,19,20,23). The highest BCUT2D eigenvalue weighted by Crippen LogP contribution is 2.26. The van der Waals surface area contributed by atoms with Crippen LogP contribution in [-0.2, 0) is 11.2 Å².